The van der Waals surface area contributed by atoms with Gasteiger partial charge < -0.3 is 14.6 Å². The Balaban J connectivity index is 1.53. The largest absolute Gasteiger partial charge is 0.492 e. The minimum absolute atomic E-state index is 0.00742. The van der Waals surface area contributed by atoms with Gasteiger partial charge in [-0.2, -0.15) is 0 Å². The van der Waals surface area contributed by atoms with Crippen LogP contribution in [0, 0.1) is 0 Å². The zero-order valence-corrected chi connectivity index (χ0v) is 14.8. The van der Waals surface area contributed by atoms with Gasteiger partial charge in [0, 0.05) is 36.8 Å². The molecule has 0 radical (unpaired) electrons. The van der Waals surface area contributed by atoms with E-state index in [1.807, 2.05) is 11.8 Å². The van der Waals surface area contributed by atoms with E-state index in [0.29, 0.717) is 24.5 Å². The summed E-state index contributed by atoms with van der Waals surface area (Å²) in [6, 6.07) is 5.08. The molecule has 3 aliphatic rings. The van der Waals surface area contributed by atoms with E-state index in [-0.39, 0.29) is 18.2 Å². The number of fused-ring (bicyclic) bond motifs is 3. The number of aliphatic hydroxyl groups excluding tert-OH is 1. The molecule has 8 heteroatoms. The van der Waals surface area contributed by atoms with Crippen molar-refractivity contribution in [3.8, 4) is 5.75 Å². The van der Waals surface area contributed by atoms with Crippen LogP contribution in [-0.2, 0) is 11.3 Å². The smallest absolute Gasteiger partial charge is 0.274 e. The molecule has 1 aromatic rings. The van der Waals surface area contributed by atoms with Crippen LogP contribution in [0.4, 0.5) is 0 Å². The number of nitrogens with one attached hydrogen (secondary N) is 1. The molecule has 1 amide bonds. The maximum Gasteiger partial charge on any atom is 0.274 e. The van der Waals surface area contributed by atoms with Crippen LogP contribution >= 0.6 is 0 Å². The van der Waals surface area contributed by atoms with Crippen molar-refractivity contribution in [1.29, 1.82) is 0 Å². The standard InChI is InChI=1S/C18H25N3O5/c1-11-10-25-16-6-12(17(22)19-24)2-3-13(16)7-21(11)18(23)20-8-14-4-5-15(9-20)26-14/h2-3,6,11,14-15,18,23-24H,4-5,7-10H2,1H3,(H,19,22)/t11-,14+,15+,18?/m0/s1. The Morgan fingerprint density at radius 2 is 2.04 bits per heavy atom. The molecule has 3 heterocycles. The lowest BCUT2D eigenvalue weighted by molar-refractivity contribution is -0.173. The Morgan fingerprint density at radius 1 is 1.31 bits per heavy atom. The Hall–Kier alpha value is -1.71. The molecule has 0 spiro atoms. The predicted octanol–water partition coefficient (Wildman–Crippen LogP) is 0.528. The van der Waals surface area contributed by atoms with Crippen LogP contribution in [0.2, 0.25) is 0 Å². The number of benzene rings is 1. The van der Waals surface area contributed by atoms with Crippen LogP contribution in [0.5, 0.6) is 5.75 Å². The minimum atomic E-state index is -0.702. The van der Waals surface area contributed by atoms with E-state index < -0.39 is 12.3 Å². The molecule has 26 heavy (non-hydrogen) atoms. The van der Waals surface area contributed by atoms with Gasteiger partial charge in [-0.25, -0.2) is 5.48 Å². The van der Waals surface area contributed by atoms with Crippen LogP contribution in [0.1, 0.15) is 35.7 Å². The minimum Gasteiger partial charge on any atom is -0.492 e. The number of hydroxylamine groups is 1. The summed E-state index contributed by atoms with van der Waals surface area (Å²) in [6.07, 6.45) is 1.85. The molecule has 0 saturated carbocycles. The number of hydrogen-bond acceptors (Lipinski definition) is 7. The average Bonchev–Trinajstić information content (AvgIpc) is 2.90. The summed E-state index contributed by atoms with van der Waals surface area (Å²) >= 11 is 0. The van der Waals surface area contributed by atoms with Gasteiger partial charge in [0.05, 0.1) is 12.2 Å². The second kappa shape index (κ2) is 7.13. The molecule has 142 valence electrons. The summed E-state index contributed by atoms with van der Waals surface area (Å²) in [5.41, 5.74) is 2.87. The third-order valence-electron chi connectivity index (χ3n) is 5.53. The summed E-state index contributed by atoms with van der Waals surface area (Å²) in [5.74, 6) is 0.0316. The fourth-order valence-electron chi connectivity index (χ4n) is 4.04. The Bertz CT molecular complexity index is 673. The molecular formula is C18H25N3O5. The van der Waals surface area contributed by atoms with E-state index >= 15 is 0 Å². The van der Waals surface area contributed by atoms with Crippen molar-refractivity contribution in [3.63, 3.8) is 0 Å². The summed E-state index contributed by atoms with van der Waals surface area (Å²) in [4.78, 5) is 15.7. The highest BCUT2D eigenvalue weighted by molar-refractivity contribution is 5.93. The number of amides is 1. The van der Waals surface area contributed by atoms with Crippen molar-refractivity contribution in [3.05, 3.63) is 29.3 Å². The second-order valence-corrected chi connectivity index (χ2v) is 7.35. The van der Waals surface area contributed by atoms with Crippen molar-refractivity contribution >= 4 is 5.91 Å². The van der Waals surface area contributed by atoms with E-state index in [1.165, 1.54) is 0 Å². The third-order valence-corrected chi connectivity index (χ3v) is 5.53. The number of hydrogen-bond donors (Lipinski definition) is 3. The Kier molecular flexibility index (Phi) is 4.85. The first kappa shape index (κ1) is 17.7. The predicted molar refractivity (Wildman–Crippen MR) is 91.7 cm³/mol. The van der Waals surface area contributed by atoms with Crippen LogP contribution < -0.4 is 10.2 Å². The van der Waals surface area contributed by atoms with Crippen LogP contribution in [0.25, 0.3) is 0 Å². The SMILES string of the molecule is C[C@H]1COc2cc(C(=O)NO)ccc2CN1C(O)N1C[C@H]2CC[C@H](C1)O2. The third kappa shape index (κ3) is 3.30. The zero-order chi connectivity index (χ0) is 18.3. The number of likely N-dealkylation sites (tertiary alicyclic amines) is 1. The summed E-state index contributed by atoms with van der Waals surface area (Å²) in [5, 5.41) is 19.8. The highest BCUT2D eigenvalue weighted by Crippen LogP contribution is 2.31. The molecular weight excluding hydrogens is 338 g/mol. The zero-order valence-electron chi connectivity index (χ0n) is 14.8. The van der Waals surface area contributed by atoms with E-state index in [0.717, 1.165) is 31.5 Å². The quantitative estimate of drug-likeness (QED) is 0.533. The topological polar surface area (TPSA) is 94.5 Å². The molecule has 3 aliphatic heterocycles. The molecule has 3 N–H and O–H groups in total. The summed E-state index contributed by atoms with van der Waals surface area (Å²) < 4.78 is 11.7. The molecule has 4 rings (SSSR count). The Labute approximate surface area is 152 Å². The molecule has 0 aliphatic carbocycles. The normalized spacial score (nSPS) is 30.2. The monoisotopic (exact) mass is 363 g/mol. The maximum atomic E-state index is 11.6. The van der Waals surface area contributed by atoms with Crippen LogP contribution in [0.15, 0.2) is 18.2 Å². The number of ether oxygens (including phenoxy) is 2. The number of nitrogens with zero attached hydrogens (tertiary/aromatic N) is 2. The molecule has 2 fully saturated rings. The van der Waals surface area contributed by atoms with Gasteiger partial charge in [-0.05, 0) is 31.9 Å². The number of carbonyl (C=O) groups is 1. The van der Waals surface area contributed by atoms with Gasteiger partial charge in [0.15, 0.2) is 6.35 Å². The van der Waals surface area contributed by atoms with E-state index in [2.05, 4.69) is 4.90 Å². The molecule has 8 nitrogen and oxygen atoms in total. The fraction of sp³-hybridized carbons (Fsp3) is 0.611. The first-order valence-corrected chi connectivity index (χ1v) is 9.08. The Morgan fingerprint density at radius 3 is 2.73 bits per heavy atom. The highest BCUT2D eigenvalue weighted by Gasteiger charge is 2.39. The van der Waals surface area contributed by atoms with Gasteiger partial charge in [0.2, 0.25) is 0 Å². The number of rotatable bonds is 3. The summed E-state index contributed by atoms with van der Waals surface area (Å²) in [6.45, 7) is 4.43. The average molecular weight is 363 g/mol. The second-order valence-electron chi connectivity index (χ2n) is 7.35. The molecule has 0 aromatic heterocycles. The van der Waals surface area contributed by atoms with Gasteiger partial charge in [-0.1, -0.05) is 6.07 Å². The summed E-state index contributed by atoms with van der Waals surface area (Å²) in [7, 11) is 0. The van der Waals surface area contributed by atoms with E-state index in [9.17, 15) is 9.90 Å². The van der Waals surface area contributed by atoms with Crippen molar-refractivity contribution < 1.29 is 24.6 Å². The van der Waals surface area contributed by atoms with Gasteiger partial charge in [-0.3, -0.25) is 19.8 Å². The first-order chi connectivity index (χ1) is 12.5. The van der Waals surface area contributed by atoms with Crippen molar-refractivity contribution in [2.24, 2.45) is 0 Å². The first-order valence-electron chi connectivity index (χ1n) is 9.08. The van der Waals surface area contributed by atoms with Gasteiger partial charge in [-0.15, -0.1) is 0 Å². The number of aliphatic hydroxyl groups is 1. The van der Waals surface area contributed by atoms with Crippen molar-refractivity contribution in [1.82, 2.24) is 15.3 Å². The van der Waals surface area contributed by atoms with Crippen molar-refractivity contribution in [2.45, 2.75) is 50.9 Å². The van der Waals surface area contributed by atoms with Crippen LogP contribution in [-0.4, -0.2) is 70.3 Å². The highest BCUT2D eigenvalue weighted by atomic mass is 16.5. The van der Waals surface area contributed by atoms with E-state index in [1.54, 1.807) is 23.7 Å². The lowest BCUT2D eigenvalue weighted by Crippen LogP contribution is -2.57. The van der Waals surface area contributed by atoms with Gasteiger partial charge in [0.25, 0.3) is 5.91 Å². The molecule has 2 bridgehead atoms. The molecule has 4 atom stereocenters. The number of carbonyl (C=O) groups excluding carboxylic acids is 1. The van der Waals surface area contributed by atoms with Crippen molar-refractivity contribution in [2.75, 3.05) is 19.7 Å². The lowest BCUT2D eigenvalue weighted by Gasteiger charge is -2.41. The molecule has 1 unspecified atom stereocenters. The fourth-order valence-corrected chi connectivity index (χ4v) is 4.04. The lowest BCUT2D eigenvalue weighted by atomic mass is 10.1. The molecule has 1 aromatic carbocycles. The van der Waals surface area contributed by atoms with Gasteiger partial charge >= 0.3 is 0 Å². The van der Waals surface area contributed by atoms with E-state index in [4.69, 9.17) is 14.7 Å². The number of morpholine rings is 1. The maximum absolute atomic E-state index is 11.6. The van der Waals surface area contributed by atoms with Crippen LogP contribution in [0.3, 0.4) is 0 Å². The van der Waals surface area contributed by atoms with Gasteiger partial charge in [0.1, 0.15) is 12.4 Å². The molecule has 2 saturated heterocycles.